The van der Waals surface area contributed by atoms with E-state index in [9.17, 15) is 0 Å². The molecule has 2 N–H and O–H groups in total. The third-order valence-corrected chi connectivity index (χ3v) is 4.21. The summed E-state index contributed by atoms with van der Waals surface area (Å²) in [5, 5.41) is 5.69. The van der Waals surface area contributed by atoms with Gasteiger partial charge in [-0.2, -0.15) is 5.10 Å². The molecular formula is C12H16N3P. The van der Waals surface area contributed by atoms with Crippen LogP contribution in [0.2, 0.25) is 0 Å². The average Bonchev–Trinajstić information content (AvgIpc) is 2.67. The van der Waals surface area contributed by atoms with Crippen LogP contribution in [-0.2, 0) is 0 Å². The summed E-state index contributed by atoms with van der Waals surface area (Å²) < 4.78 is 2.12. The second-order valence-corrected chi connectivity index (χ2v) is 5.36. The van der Waals surface area contributed by atoms with Crippen LogP contribution < -0.4 is 5.73 Å². The van der Waals surface area contributed by atoms with Gasteiger partial charge in [0.05, 0.1) is 11.7 Å². The summed E-state index contributed by atoms with van der Waals surface area (Å²) in [6.07, 6.45) is 4.21. The monoisotopic (exact) mass is 233 g/mol. The zero-order valence-corrected chi connectivity index (χ0v) is 10.4. The van der Waals surface area contributed by atoms with Gasteiger partial charge in [-0.15, -0.1) is 0 Å². The minimum Gasteiger partial charge on any atom is -0.328 e. The van der Waals surface area contributed by atoms with Gasteiger partial charge in [0.2, 0.25) is 0 Å². The normalized spacial score (nSPS) is 25.4. The Bertz CT molecular complexity index is 514. The number of aromatic nitrogens is 2. The number of benzene rings is 1. The fourth-order valence-corrected chi connectivity index (χ4v) is 3.18. The molecule has 0 aliphatic heterocycles. The summed E-state index contributed by atoms with van der Waals surface area (Å²) in [4.78, 5) is 0. The van der Waals surface area contributed by atoms with E-state index in [2.05, 4.69) is 34.4 Å². The van der Waals surface area contributed by atoms with Crippen molar-refractivity contribution in [3.63, 3.8) is 0 Å². The Hall–Kier alpha value is -0.920. The zero-order chi connectivity index (χ0) is 11.1. The standard InChI is InChI=1S/C12H16N3P/c1-16-15-12-8(7-14-15)3-2-4-11(12)9-5-10(13)6-9/h2-4,7,9-10,16H,5-6,13H2,1H3. The van der Waals surface area contributed by atoms with E-state index < -0.39 is 0 Å². The number of para-hydroxylation sites is 1. The highest BCUT2D eigenvalue weighted by molar-refractivity contribution is 7.35. The van der Waals surface area contributed by atoms with E-state index in [0.717, 1.165) is 12.8 Å². The third-order valence-electron chi connectivity index (χ3n) is 3.45. The molecule has 1 unspecified atom stereocenters. The molecule has 1 aliphatic carbocycles. The lowest BCUT2D eigenvalue weighted by molar-refractivity contribution is 0.353. The minimum atomic E-state index is 0.403. The highest BCUT2D eigenvalue weighted by atomic mass is 31.1. The van der Waals surface area contributed by atoms with Crippen molar-refractivity contribution in [1.82, 2.24) is 9.55 Å². The molecule has 0 amide bonds. The van der Waals surface area contributed by atoms with E-state index in [-0.39, 0.29) is 0 Å². The molecule has 16 heavy (non-hydrogen) atoms. The lowest BCUT2D eigenvalue weighted by Gasteiger charge is -2.33. The van der Waals surface area contributed by atoms with Gasteiger partial charge in [0.1, 0.15) is 0 Å². The summed E-state index contributed by atoms with van der Waals surface area (Å²) in [7, 11) is 0.691. The second kappa shape index (κ2) is 3.83. The molecule has 4 heteroatoms. The van der Waals surface area contributed by atoms with E-state index in [4.69, 9.17) is 5.73 Å². The number of nitrogens with two attached hydrogens (primary N) is 1. The minimum absolute atomic E-state index is 0.403. The van der Waals surface area contributed by atoms with Gasteiger partial charge < -0.3 is 5.73 Å². The maximum atomic E-state index is 5.88. The molecule has 1 fully saturated rings. The lowest BCUT2D eigenvalue weighted by atomic mass is 9.76. The van der Waals surface area contributed by atoms with Crippen molar-refractivity contribution in [3.8, 4) is 0 Å². The number of hydrogen-bond acceptors (Lipinski definition) is 2. The number of nitrogens with zero attached hydrogens (tertiary/aromatic N) is 2. The molecule has 0 radical (unpaired) electrons. The number of hydrogen-bond donors (Lipinski definition) is 1. The summed E-state index contributed by atoms with van der Waals surface area (Å²) in [6.45, 7) is 2.16. The maximum Gasteiger partial charge on any atom is 0.0754 e. The van der Waals surface area contributed by atoms with Crippen molar-refractivity contribution < 1.29 is 0 Å². The van der Waals surface area contributed by atoms with Crippen LogP contribution in [0.15, 0.2) is 24.4 Å². The number of fused-ring (bicyclic) bond motifs is 1. The largest absolute Gasteiger partial charge is 0.328 e. The lowest BCUT2D eigenvalue weighted by Crippen LogP contribution is -2.34. The first-order valence-corrected chi connectivity index (χ1v) is 7.14. The predicted molar refractivity (Wildman–Crippen MR) is 69.3 cm³/mol. The highest BCUT2D eigenvalue weighted by Crippen LogP contribution is 2.39. The SMILES string of the molecule is CPn1ncc2cccc(C3CC(N)C3)c21. The molecule has 1 saturated carbocycles. The van der Waals surface area contributed by atoms with Crippen molar-refractivity contribution in [2.45, 2.75) is 24.8 Å². The van der Waals surface area contributed by atoms with E-state index in [1.54, 1.807) is 0 Å². The molecule has 84 valence electrons. The Morgan fingerprint density at radius 3 is 2.94 bits per heavy atom. The average molecular weight is 233 g/mol. The van der Waals surface area contributed by atoms with Gasteiger partial charge in [0.25, 0.3) is 0 Å². The van der Waals surface area contributed by atoms with Crippen LogP contribution >= 0.6 is 8.73 Å². The van der Waals surface area contributed by atoms with E-state index in [0.29, 0.717) is 20.7 Å². The van der Waals surface area contributed by atoms with Crippen LogP contribution in [-0.4, -0.2) is 22.3 Å². The second-order valence-electron chi connectivity index (χ2n) is 4.49. The molecule has 2 aromatic rings. The maximum absolute atomic E-state index is 5.88. The highest BCUT2D eigenvalue weighted by Gasteiger charge is 2.29. The van der Waals surface area contributed by atoms with Gasteiger partial charge in [0, 0.05) is 20.2 Å². The summed E-state index contributed by atoms with van der Waals surface area (Å²) in [5.74, 6) is 0.644. The van der Waals surface area contributed by atoms with Gasteiger partial charge >= 0.3 is 0 Å². The van der Waals surface area contributed by atoms with Gasteiger partial charge in [-0.3, -0.25) is 0 Å². The first kappa shape index (κ1) is 10.2. The summed E-state index contributed by atoms with van der Waals surface area (Å²) in [5.41, 5.74) is 8.63. The first-order chi connectivity index (χ1) is 7.79. The molecule has 1 aromatic heterocycles. The van der Waals surface area contributed by atoms with Crippen LogP contribution in [0.3, 0.4) is 0 Å². The fourth-order valence-electron chi connectivity index (χ4n) is 2.52. The molecular weight excluding hydrogens is 217 g/mol. The Morgan fingerprint density at radius 2 is 2.25 bits per heavy atom. The van der Waals surface area contributed by atoms with Crippen molar-refractivity contribution in [1.29, 1.82) is 0 Å². The van der Waals surface area contributed by atoms with Crippen LogP contribution in [0.4, 0.5) is 0 Å². The fraction of sp³-hybridized carbons (Fsp3) is 0.417. The molecule has 1 aliphatic rings. The van der Waals surface area contributed by atoms with Crippen LogP contribution in [0, 0.1) is 0 Å². The molecule has 1 aromatic carbocycles. The van der Waals surface area contributed by atoms with Gasteiger partial charge in [-0.05, 0) is 31.0 Å². The van der Waals surface area contributed by atoms with Crippen molar-refractivity contribution in [2.75, 3.05) is 6.66 Å². The van der Waals surface area contributed by atoms with Crippen molar-refractivity contribution in [2.24, 2.45) is 5.73 Å². The Morgan fingerprint density at radius 1 is 1.44 bits per heavy atom. The molecule has 3 nitrogen and oxygen atoms in total. The van der Waals surface area contributed by atoms with Crippen LogP contribution in [0.25, 0.3) is 10.9 Å². The molecule has 0 spiro atoms. The Labute approximate surface area is 96.9 Å². The Kier molecular flexibility index (Phi) is 2.45. The van der Waals surface area contributed by atoms with Crippen molar-refractivity contribution >= 4 is 19.6 Å². The number of rotatable bonds is 2. The summed E-state index contributed by atoms with van der Waals surface area (Å²) >= 11 is 0. The zero-order valence-electron chi connectivity index (χ0n) is 9.35. The predicted octanol–water partition coefficient (Wildman–Crippen LogP) is 2.31. The first-order valence-electron chi connectivity index (χ1n) is 5.69. The molecule has 1 atom stereocenters. The van der Waals surface area contributed by atoms with Crippen LogP contribution in [0.5, 0.6) is 0 Å². The third kappa shape index (κ3) is 1.47. The Balaban J connectivity index is 2.12. The summed E-state index contributed by atoms with van der Waals surface area (Å²) in [6, 6.07) is 6.91. The van der Waals surface area contributed by atoms with Crippen LogP contribution in [0.1, 0.15) is 24.3 Å². The molecule has 1 heterocycles. The van der Waals surface area contributed by atoms with Gasteiger partial charge in [0.15, 0.2) is 0 Å². The van der Waals surface area contributed by atoms with Gasteiger partial charge in [-0.1, -0.05) is 18.2 Å². The van der Waals surface area contributed by atoms with E-state index >= 15 is 0 Å². The van der Waals surface area contributed by atoms with E-state index in [1.807, 2.05) is 6.20 Å². The smallest absolute Gasteiger partial charge is 0.0754 e. The molecule has 0 bridgehead atoms. The van der Waals surface area contributed by atoms with Gasteiger partial charge in [-0.25, -0.2) is 4.45 Å². The quantitative estimate of drug-likeness (QED) is 0.809. The molecule has 3 rings (SSSR count). The van der Waals surface area contributed by atoms with Crippen molar-refractivity contribution in [3.05, 3.63) is 30.0 Å². The topological polar surface area (TPSA) is 43.8 Å². The molecule has 0 saturated heterocycles. The van der Waals surface area contributed by atoms with E-state index in [1.165, 1.54) is 16.5 Å².